The summed E-state index contributed by atoms with van der Waals surface area (Å²) < 4.78 is 32.4. The highest BCUT2D eigenvalue weighted by atomic mass is 35.5. The highest BCUT2D eigenvalue weighted by Gasteiger charge is 2.54. The highest BCUT2D eigenvalue weighted by molar-refractivity contribution is 6.33. The van der Waals surface area contributed by atoms with Gasteiger partial charge in [0.05, 0.1) is 17.3 Å². The molecule has 2 aliphatic rings. The molecule has 234 valence electrons. The smallest absolute Gasteiger partial charge is 0.409 e. The van der Waals surface area contributed by atoms with Gasteiger partial charge in [0.15, 0.2) is 11.8 Å². The van der Waals surface area contributed by atoms with Gasteiger partial charge in [0.25, 0.3) is 5.91 Å². The van der Waals surface area contributed by atoms with Crippen LogP contribution in [-0.4, -0.2) is 79.0 Å². The van der Waals surface area contributed by atoms with Crippen molar-refractivity contribution in [3.05, 3.63) is 77.3 Å². The molecule has 2 amide bonds. The quantitative estimate of drug-likeness (QED) is 0.191. The highest BCUT2D eigenvalue weighted by Crippen LogP contribution is 2.53. The van der Waals surface area contributed by atoms with Gasteiger partial charge in [0.2, 0.25) is 0 Å². The number of hydrogen-bond donors (Lipinski definition) is 2. The van der Waals surface area contributed by atoms with Crippen LogP contribution in [0.4, 0.5) is 13.6 Å². The number of alkyl halides is 2. The van der Waals surface area contributed by atoms with E-state index in [1.807, 2.05) is 0 Å². The average molecular weight is 638 g/mol. The SMILES string of the molecule is CCN=C(N)N(C(=O)c1ccc(-c2cnn(C(F)F)c2)cc1)[C@H](COC(=O)N1CC2(CC2)C1)c1ccc(Cl)c(-c2ncn[nH]2)c1. The third-order valence-electron chi connectivity index (χ3n) is 8.04. The molecule has 2 aromatic carbocycles. The maximum atomic E-state index is 14.2. The molecule has 1 saturated carbocycles. The van der Waals surface area contributed by atoms with Gasteiger partial charge < -0.3 is 15.4 Å². The Hall–Kier alpha value is -4.85. The van der Waals surface area contributed by atoms with E-state index in [0.717, 1.165) is 12.8 Å². The first-order valence-corrected chi connectivity index (χ1v) is 14.7. The molecule has 12 nitrogen and oxygen atoms in total. The molecule has 1 aliphatic heterocycles. The molecule has 0 radical (unpaired) electrons. The van der Waals surface area contributed by atoms with Crippen LogP contribution < -0.4 is 5.73 Å². The average Bonchev–Trinajstić information content (AvgIpc) is 3.38. The molecule has 3 N–H and O–H groups in total. The second-order valence-electron chi connectivity index (χ2n) is 11.1. The minimum absolute atomic E-state index is 0.0807. The molecule has 6 rings (SSSR count). The first-order valence-electron chi connectivity index (χ1n) is 14.3. The topological polar surface area (TPSA) is 148 Å². The Morgan fingerprint density at radius 3 is 2.56 bits per heavy atom. The number of nitrogens with two attached hydrogens (primary N) is 1. The molecule has 45 heavy (non-hydrogen) atoms. The van der Waals surface area contributed by atoms with Gasteiger partial charge in [-0.2, -0.15) is 19.0 Å². The summed E-state index contributed by atoms with van der Waals surface area (Å²) in [6, 6.07) is 10.6. The van der Waals surface area contributed by atoms with E-state index in [2.05, 4.69) is 25.3 Å². The van der Waals surface area contributed by atoms with Crippen molar-refractivity contribution in [3.8, 4) is 22.5 Å². The van der Waals surface area contributed by atoms with Gasteiger partial charge in [-0.25, -0.2) is 14.5 Å². The Morgan fingerprint density at radius 2 is 1.93 bits per heavy atom. The summed E-state index contributed by atoms with van der Waals surface area (Å²) in [5.41, 5.74) is 9.04. The number of aromatic amines is 1. The number of carbonyl (C=O) groups is 2. The second kappa shape index (κ2) is 12.3. The Bertz CT molecular complexity index is 1710. The molecule has 1 atom stereocenters. The number of ether oxygens (including phenoxy) is 1. The lowest BCUT2D eigenvalue weighted by Crippen LogP contribution is -2.52. The molecule has 3 heterocycles. The number of amides is 2. The van der Waals surface area contributed by atoms with Crippen molar-refractivity contribution in [2.24, 2.45) is 16.1 Å². The van der Waals surface area contributed by atoms with Crippen molar-refractivity contribution in [2.45, 2.75) is 32.4 Å². The minimum Gasteiger partial charge on any atom is -0.447 e. The minimum atomic E-state index is -2.77. The first-order chi connectivity index (χ1) is 21.7. The molecule has 0 bridgehead atoms. The lowest BCUT2D eigenvalue weighted by molar-refractivity contribution is 0.0320. The van der Waals surface area contributed by atoms with Gasteiger partial charge in [0, 0.05) is 47.9 Å². The monoisotopic (exact) mass is 637 g/mol. The molecular formula is C30H30ClF2N9O3. The van der Waals surface area contributed by atoms with Gasteiger partial charge in [-0.05, 0) is 55.2 Å². The predicted molar refractivity (Wildman–Crippen MR) is 161 cm³/mol. The number of hydrogen-bond acceptors (Lipinski definition) is 7. The van der Waals surface area contributed by atoms with E-state index in [0.29, 0.717) is 50.9 Å². The Kier molecular flexibility index (Phi) is 8.23. The third-order valence-corrected chi connectivity index (χ3v) is 8.37. The molecule has 1 aliphatic carbocycles. The summed E-state index contributed by atoms with van der Waals surface area (Å²) in [6.07, 6.45) is 5.62. The third kappa shape index (κ3) is 6.23. The fourth-order valence-electron chi connectivity index (χ4n) is 5.40. The van der Waals surface area contributed by atoms with Crippen LogP contribution in [0.5, 0.6) is 0 Å². The van der Waals surface area contributed by atoms with Crippen molar-refractivity contribution in [1.82, 2.24) is 34.8 Å². The Balaban J connectivity index is 1.33. The predicted octanol–water partition coefficient (Wildman–Crippen LogP) is 5.13. The van der Waals surface area contributed by atoms with Crippen molar-refractivity contribution in [2.75, 3.05) is 26.2 Å². The largest absolute Gasteiger partial charge is 0.447 e. The molecule has 1 spiro atoms. The zero-order valence-electron chi connectivity index (χ0n) is 24.2. The number of benzene rings is 2. The van der Waals surface area contributed by atoms with E-state index >= 15 is 0 Å². The van der Waals surface area contributed by atoms with E-state index in [4.69, 9.17) is 22.1 Å². The number of nitrogens with zero attached hydrogens (tertiary/aromatic N) is 7. The normalized spacial score (nSPS) is 16.0. The van der Waals surface area contributed by atoms with Crippen LogP contribution in [0.2, 0.25) is 5.02 Å². The molecule has 1 saturated heterocycles. The molecule has 4 aromatic rings. The van der Waals surface area contributed by atoms with Crippen LogP contribution >= 0.6 is 11.6 Å². The van der Waals surface area contributed by atoms with E-state index in [1.54, 1.807) is 54.3 Å². The van der Waals surface area contributed by atoms with Crippen molar-refractivity contribution >= 4 is 29.6 Å². The van der Waals surface area contributed by atoms with Gasteiger partial charge in [-0.3, -0.25) is 19.8 Å². The summed E-state index contributed by atoms with van der Waals surface area (Å²) in [7, 11) is 0. The van der Waals surface area contributed by atoms with Crippen LogP contribution in [0.3, 0.4) is 0 Å². The summed E-state index contributed by atoms with van der Waals surface area (Å²) in [5, 5.41) is 10.8. The summed E-state index contributed by atoms with van der Waals surface area (Å²) in [5.74, 6) is -0.188. The number of likely N-dealkylation sites (tertiary alicyclic amines) is 1. The number of nitrogens with one attached hydrogen (secondary N) is 1. The summed E-state index contributed by atoms with van der Waals surface area (Å²) in [6.45, 7) is 0.370. The lowest BCUT2D eigenvalue weighted by atomic mass is 9.98. The van der Waals surface area contributed by atoms with Crippen LogP contribution in [-0.2, 0) is 4.74 Å². The van der Waals surface area contributed by atoms with Crippen molar-refractivity contribution in [3.63, 3.8) is 0 Å². The lowest BCUT2D eigenvalue weighted by Gasteiger charge is -2.39. The van der Waals surface area contributed by atoms with Gasteiger partial charge >= 0.3 is 12.6 Å². The number of aliphatic imine (C=N–C) groups is 1. The van der Waals surface area contributed by atoms with Gasteiger partial charge in [-0.15, -0.1) is 0 Å². The van der Waals surface area contributed by atoms with Crippen LogP contribution in [0.25, 0.3) is 22.5 Å². The zero-order chi connectivity index (χ0) is 31.7. The molecule has 15 heteroatoms. The first kappa shape index (κ1) is 30.2. The fourth-order valence-corrected chi connectivity index (χ4v) is 5.60. The summed E-state index contributed by atoms with van der Waals surface area (Å²) in [4.78, 5) is 38.6. The molecule has 0 unspecified atom stereocenters. The van der Waals surface area contributed by atoms with E-state index in [9.17, 15) is 18.4 Å². The Labute approximate surface area is 261 Å². The van der Waals surface area contributed by atoms with E-state index in [-0.39, 0.29) is 30.1 Å². The number of carbonyl (C=O) groups excluding carboxylic acids is 2. The number of aromatic nitrogens is 5. The van der Waals surface area contributed by atoms with Crippen LogP contribution in [0.1, 0.15) is 48.3 Å². The van der Waals surface area contributed by atoms with Gasteiger partial charge in [0.1, 0.15) is 12.9 Å². The zero-order valence-corrected chi connectivity index (χ0v) is 25.0. The Morgan fingerprint density at radius 1 is 1.18 bits per heavy atom. The maximum absolute atomic E-state index is 14.2. The number of rotatable bonds is 9. The van der Waals surface area contributed by atoms with Gasteiger partial charge in [-0.1, -0.05) is 29.8 Å². The van der Waals surface area contributed by atoms with Crippen molar-refractivity contribution < 1.29 is 23.1 Å². The van der Waals surface area contributed by atoms with Crippen molar-refractivity contribution in [1.29, 1.82) is 0 Å². The van der Waals surface area contributed by atoms with Crippen LogP contribution in [0.15, 0.2) is 66.2 Å². The molecular weight excluding hydrogens is 608 g/mol. The second-order valence-corrected chi connectivity index (χ2v) is 11.5. The number of halogens is 3. The number of H-pyrrole nitrogens is 1. The molecule has 2 aromatic heterocycles. The summed E-state index contributed by atoms with van der Waals surface area (Å²) >= 11 is 6.50. The van der Waals surface area contributed by atoms with E-state index in [1.165, 1.54) is 23.6 Å². The number of guanidine groups is 1. The van der Waals surface area contributed by atoms with Crippen LogP contribution in [0, 0.1) is 5.41 Å². The molecule has 2 fully saturated rings. The standard InChI is InChI=1S/C30H30ClF2N9O3/c1-2-35-28(34)42(26(43)19-5-3-18(4-6-19)21-12-38-41(13-21)27(32)33)24(14-45-29(44)40-15-30(16-40)9-10-30)20-7-8-23(31)22(11-20)25-36-17-37-39-25/h3-8,11-13,17,24,27H,2,9-10,14-16H2,1H3,(H2,34,35)(H,36,37,39)/t24-/m1/s1. The fraction of sp³-hybridized carbons (Fsp3) is 0.333. The maximum Gasteiger partial charge on any atom is 0.409 e. The van der Waals surface area contributed by atoms with E-state index < -0.39 is 24.6 Å².